The highest BCUT2D eigenvalue weighted by Crippen LogP contribution is 2.23. The predicted molar refractivity (Wildman–Crippen MR) is 97.6 cm³/mol. The van der Waals surface area contributed by atoms with E-state index in [9.17, 15) is 0 Å². The molecule has 0 atom stereocenters. The fourth-order valence-electron chi connectivity index (χ4n) is 1.93. The topological polar surface area (TPSA) is 33.1 Å². The van der Waals surface area contributed by atoms with Crippen LogP contribution in [0.5, 0.6) is 0 Å². The summed E-state index contributed by atoms with van der Waals surface area (Å²) in [4.78, 5) is 2.12. The van der Waals surface area contributed by atoms with Crippen molar-refractivity contribution in [3.63, 3.8) is 0 Å². The van der Waals surface area contributed by atoms with Crippen LogP contribution in [0, 0.1) is 3.95 Å². The Morgan fingerprint density at radius 3 is 2.73 bits per heavy atom. The SMILES string of the molecule is CC(C)Nc1nn(CN(C)Cc2ccc(Cl)c(Cl)c2)c(=S)s1. The van der Waals surface area contributed by atoms with Crippen LogP contribution in [0.2, 0.25) is 10.0 Å². The van der Waals surface area contributed by atoms with Gasteiger partial charge in [-0.1, -0.05) is 40.6 Å². The maximum Gasteiger partial charge on any atom is 0.204 e. The van der Waals surface area contributed by atoms with Crippen LogP contribution >= 0.6 is 46.8 Å². The highest BCUT2D eigenvalue weighted by molar-refractivity contribution is 7.73. The van der Waals surface area contributed by atoms with Crippen molar-refractivity contribution in [3.05, 3.63) is 37.8 Å². The Morgan fingerprint density at radius 2 is 2.09 bits per heavy atom. The summed E-state index contributed by atoms with van der Waals surface area (Å²) in [6.07, 6.45) is 0. The molecule has 0 aliphatic rings. The third-order valence-electron chi connectivity index (χ3n) is 2.83. The third kappa shape index (κ3) is 4.93. The van der Waals surface area contributed by atoms with Crippen LogP contribution in [-0.2, 0) is 13.2 Å². The number of rotatable bonds is 6. The molecule has 0 aliphatic carbocycles. The minimum absolute atomic E-state index is 0.336. The number of nitrogens with one attached hydrogen (secondary N) is 1. The largest absolute Gasteiger partial charge is 0.358 e. The van der Waals surface area contributed by atoms with Crippen LogP contribution in [0.4, 0.5) is 5.13 Å². The minimum Gasteiger partial charge on any atom is -0.358 e. The lowest BCUT2D eigenvalue weighted by atomic mass is 10.2. The summed E-state index contributed by atoms with van der Waals surface area (Å²) in [5.74, 6) is 0. The summed E-state index contributed by atoms with van der Waals surface area (Å²) in [6, 6.07) is 6.00. The molecule has 0 unspecified atom stereocenters. The van der Waals surface area contributed by atoms with E-state index in [0.717, 1.165) is 21.2 Å². The van der Waals surface area contributed by atoms with E-state index in [-0.39, 0.29) is 0 Å². The Hall–Kier alpha value is -0.660. The van der Waals surface area contributed by atoms with Gasteiger partial charge >= 0.3 is 0 Å². The normalized spacial score (nSPS) is 11.4. The van der Waals surface area contributed by atoms with Crippen molar-refractivity contribution < 1.29 is 0 Å². The molecule has 2 aromatic rings. The van der Waals surface area contributed by atoms with Gasteiger partial charge in [0.1, 0.15) is 0 Å². The Morgan fingerprint density at radius 1 is 1.36 bits per heavy atom. The van der Waals surface area contributed by atoms with Crippen LogP contribution in [-0.4, -0.2) is 27.8 Å². The molecule has 1 aromatic carbocycles. The molecule has 0 saturated carbocycles. The summed E-state index contributed by atoms with van der Waals surface area (Å²) >= 11 is 18.8. The van der Waals surface area contributed by atoms with Gasteiger partial charge < -0.3 is 5.32 Å². The lowest BCUT2D eigenvalue weighted by molar-refractivity contribution is 0.245. The molecule has 0 bridgehead atoms. The van der Waals surface area contributed by atoms with Crippen molar-refractivity contribution in [2.45, 2.75) is 33.1 Å². The summed E-state index contributed by atoms with van der Waals surface area (Å²) in [5, 5.41) is 9.76. The van der Waals surface area contributed by atoms with E-state index >= 15 is 0 Å². The van der Waals surface area contributed by atoms with Crippen molar-refractivity contribution in [1.29, 1.82) is 0 Å². The van der Waals surface area contributed by atoms with Gasteiger partial charge in [0.25, 0.3) is 0 Å². The van der Waals surface area contributed by atoms with E-state index < -0.39 is 0 Å². The van der Waals surface area contributed by atoms with E-state index in [0.29, 0.717) is 22.8 Å². The number of benzene rings is 1. The zero-order chi connectivity index (χ0) is 16.3. The summed E-state index contributed by atoms with van der Waals surface area (Å²) in [7, 11) is 2.01. The Labute approximate surface area is 149 Å². The highest BCUT2D eigenvalue weighted by atomic mass is 35.5. The zero-order valence-electron chi connectivity index (χ0n) is 12.6. The molecular formula is C14H18Cl2N4S2. The maximum absolute atomic E-state index is 6.04. The number of aromatic nitrogens is 2. The van der Waals surface area contributed by atoms with Crippen LogP contribution in [0.3, 0.4) is 0 Å². The first kappa shape index (κ1) is 17.7. The average molecular weight is 377 g/mol. The smallest absolute Gasteiger partial charge is 0.204 e. The minimum atomic E-state index is 0.336. The molecule has 8 heteroatoms. The number of halogens is 2. The molecule has 22 heavy (non-hydrogen) atoms. The zero-order valence-corrected chi connectivity index (χ0v) is 15.8. The predicted octanol–water partition coefficient (Wildman–Crippen LogP) is 4.89. The quantitative estimate of drug-likeness (QED) is 0.727. The lowest BCUT2D eigenvalue weighted by Gasteiger charge is -2.16. The van der Waals surface area contributed by atoms with E-state index in [4.69, 9.17) is 35.4 Å². The highest BCUT2D eigenvalue weighted by Gasteiger charge is 2.08. The summed E-state index contributed by atoms with van der Waals surface area (Å²) in [5.41, 5.74) is 1.10. The monoisotopic (exact) mass is 376 g/mol. The molecule has 2 rings (SSSR count). The number of hydrogen-bond donors (Lipinski definition) is 1. The Kier molecular flexibility index (Phi) is 6.23. The second-order valence-electron chi connectivity index (χ2n) is 5.38. The van der Waals surface area contributed by atoms with E-state index in [1.54, 1.807) is 0 Å². The number of hydrogen-bond acceptors (Lipinski definition) is 5. The van der Waals surface area contributed by atoms with Gasteiger partial charge in [-0.3, -0.25) is 4.90 Å². The van der Waals surface area contributed by atoms with Crippen LogP contribution in [0.25, 0.3) is 0 Å². The summed E-state index contributed by atoms with van der Waals surface area (Å²) in [6.45, 7) is 5.51. The van der Waals surface area contributed by atoms with Crippen LogP contribution in [0.15, 0.2) is 18.2 Å². The van der Waals surface area contributed by atoms with E-state index in [1.807, 2.05) is 29.9 Å². The molecule has 0 radical (unpaired) electrons. The van der Waals surface area contributed by atoms with Gasteiger partial charge in [0, 0.05) is 12.6 Å². The molecular weight excluding hydrogens is 359 g/mol. The third-order valence-corrected chi connectivity index (χ3v) is 4.81. The van der Waals surface area contributed by atoms with Gasteiger partial charge in [0.2, 0.25) is 5.13 Å². The molecule has 1 N–H and O–H groups in total. The van der Waals surface area contributed by atoms with Gasteiger partial charge in [-0.15, -0.1) is 5.10 Å². The van der Waals surface area contributed by atoms with Gasteiger partial charge in [0.05, 0.1) is 16.7 Å². The molecule has 4 nitrogen and oxygen atoms in total. The van der Waals surface area contributed by atoms with Gasteiger partial charge in [-0.2, -0.15) is 0 Å². The number of nitrogens with zero attached hydrogens (tertiary/aromatic N) is 3. The molecule has 0 fully saturated rings. The van der Waals surface area contributed by atoms with Crippen molar-refractivity contribution in [2.24, 2.45) is 0 Å². The second-order valence-corrected chi connectivity index (χ2v) is 7.81. The van der Waals surface area contributed by atoms with Crippen molar-refractivity contribution >= 4 is 51.9 Å². The molecule has 1 heterocycles. The van der Waals surface area contributed by atoms with E-state index in [1.165, 1.54) is 11.3 Å². The standard InChI is InChI=1S/C14H18Cl2N4S2/c1-9(2)17-13-18-20(14(21)22-13)8-19(3)7-10-4-5-11(15)12(16)6-10/h4-6,9H,7-8H2,1-3H3,(H,17,18). The first-order valence-corrected chi connectivity index (χ1v) is 8.80. The Balaban J connectivity index is 2.02. The molecule has 120 valence electrons. The van der Waals surface area contributed by atoms with Crippen molar-refractivity contribution in [3.8, 4) is 0 Å². The molecule has 0 amide bonds. The van der Waals surface area contributed by atoms with Crippen molar-refractivity contribution in [2.75, 3.05) is 12.4 Å². The molecule has 0 spiro atoms. The fourth-order valence-corrected chi connectivity index (χ4v) is 3.39. The maximum atomic E-state index is 6.04. The van der Waals surface area contributed by atoms with Crippen LogP contribution < -0.4 is 5.32 Å². The summed E-state index contributed by atoms with van der Waals surface area (Å²) < 4.78 is 2.58. The second kappa shape index (κ2) is 7.75. The molecule has 1 aromatic heterocycles. The van der Waals surface area contributed by atoms with Gasteiger partial charge in [-0.25, -0.2) is 4.68 Å². The first-order valence-electron chi connectivity index (χ1n) is 6.82. The molecule has 0 saturated heterocycles. The van der Waals surface area contributed by atoms with Crippen LogP contribution in [0.1, 0.15) is 19.4 Å². The van der Waals surface area contributed by atoms with Gasteiger partial charge in [0.15, 0.2) is 3.95 Å². The van der Waals surface area contributed by atoms with E-state index in [2.05, 4.69) is 29.2 Å². The number of anilines is 1. The average Bonchev–Trinajstić information content (AvgIpc) is 2.73. The first-order chi connectivity index (χ1) is 10.3. The van der Waals surface area contributed by atoms with Gasteiger partial charge in [-0.05, 0) is 50.8 Å². The van der Waals surface area contributed by atoms with Crippen molar-refractivity contribution in [1.82, 2.24) is 14.7 Å². The molecule has 0 aliphatic heterocycles. The lowest BCUT2D eigenvalue weighted by Crippen LogP contribution is -2.22. The fraction of sp³-hybridized carbons (Fsp3) is 0.429. The Bertz CT molecular complexity index is 696.